The van der Waals surface area contributed by atoms with E-state index in [1.165, 1.54) is 14.2 Å². The van der Waals surface area contributed by atoms with Gasteiger partial charge in [-0.15, -0.1) is 0 Å². The predicted octanol–water partition coefficient (Wildman–Crippen LogP) is 2.12. The fourth-order valence-electron chi connectivity index (χ4n) is 2.26. The number of ether oxygens (including phenoxy) is 3. The number of carbonyl (C=O) groups is 1. The zero-order valence-corrected chi connectivity index (χ0v) is 14.9. The summed E-state index contributed by atoms with van der Waals surface area (Å²) >= 11 is 0. The first-order valence-corrected chi connectivity index (χ1v) is 7.85. The molecule has 1 rings (SSSR count). The minimum Gasteiger partial charge on any atom is -0.493 e. The number of carbonyl (C=O) groups excluding carboxylic acids is 1. The van der Waals surface area contributed by atoms with Crippen LogP contribution in [-0.4, -0.2) is 62.5 Å². The summed E-state index contributed by atoms with van der Waals surface area (Å²) < 4.78 is 15.5. The molecule has 0 spiro atoms. The zero-order chi connectivity index (χ0) is 18.1. The second-order valence-electron chi connectivity index (χ2n) is 5.61. The molecule has 0 radical (unpaired) electrons. The zero-order valence-electron chi connectivity index (χ0n) is 14.9. The van der Waals surface area contributed by atoms with Gasteiger partial charge in [0, 0.05) is 13.1 Å². The van der Waals surface area contributed by atoms with Crippen LogP contribution >= 0.6 is 0 Å². The molecule has 0 aromatic heterocycles. The van der Waals surface area contributed by atoms with Gasteiger partial charge in [0.25, 0.3) is 0 Å². The Morgan fingerprint density at radius 3 is 2.58 bits per heavy atom. The van der Waals surface area contributed by atoms with Crippen molar-refractivity contribution in [3.8, 4) is 11.5 Å². The molecule has 0 unspecified atom stereocenters. The van der Waals surface area contributed by atoms with Crippen LogP contribution in [0.1, 0.15) is 24.2 Å². The van der Waals surface area contributed by atoms with E-state index in [0.717, 1.165) is 18.7 Å². The fourth-order valence-corrected chi connectivity index (χ4v) is 2.26. The van der Waals surface area contributed by atoms with Crippen molar-refractivity contribution in [2.75, 3.05) is 40.5 Å². The first-order chi connectivity index (χ1) is 11.4. The molecule has 0 aliphatic rings. The summed E-state index contributed by atoms with van der Waals surface area (Å²) in [4.78, 5) is 13.6. The maximum absolute atomic E-state index is 11.5. The van der Waals surface area contributed by atoms with Crippen LogP contribution in [0.5, 0.6) is 11.5 Å². The second kappa shape index (κ2) is 9.95. The summed E-state index contributed by atoms with van der Waals surface area (Å²) in [5, 5.41) is 10.2. The van der Waals surface area contributed by atoms with E-state index in [1.807, 2.05) is 13.8 Å². The lowest BCUT2D eigenvalue weighted by Gasteiger charge is -2.24. The number of rotatable bonds is 10. The molecule has 134 valence electrons. The minimum absolute atomic E-state index is 0.126. The van der Waals surface area contributed by atoms with Gasteiger partial charge in [-0.25, -0.2) is 4.79 Å². The Morgan fingerprint density at radius 2 is 2.04 bits per heavy atom. The summed E-state index contributed by atoms with van der Waals surface area (Å²) in [6.07, 6.45) is -0.644. The number of aliphatic hydroxyl groups is 1. The Kier molecular flexibility index (Phi) is 8.29. The largest absolute Gasteiger partial charge is 0.493 e. The van der Waals surface area contributed by atoms with E-state index in [-0.39, 0.29) is 6.61 Å². The Balaban J connectivity index is 2.65. The van der Waals surface area contributed by atoms with Gasteiger partial charge in [0.1, 0.15) is 12.7 Å². The quantitative estimate of drug-likeness (QED) is 0.521. The standard InChI is InChI=1S/C18H27NO5/c1-6-19(10-13(2)3)11-15(20)12-24-16-8-7-14(18(21)23-5)9-17(16)22-4/h7-9,15,20H,2,6,10-12H2,1,3-5H3/t15-/m1/s1. The first kappa shape index (κ1) is 20.0. The van der Waals surface area contributed by atoms with Gasteiger partial charge in [-0.1, -0.05) is 19.1 Å². The Labute approximate surface area is 143 Å². The highest BCUT2D eigenvalue weighted by Gasteiger charge is 2.15. The van der Waals surface area contributed by atoms with Crippen LogP contribution < -0.4 is 9.47 Å². The van der Waals surface area contributed by atoms with Crippen molar-refractivity contribution in [2.24, 2.45) is 0 Å². The molecule has 1 aromatic carbocycles. The molecule has 0 saturated carbocycles. The van der Waals surface area contributed by atoms with Gasteiger partial charge in [0.2, 0.25) is 0 Å². The van der Waals surface area contributed by atoms with Crippen LogP contribution in [0.4, 0.5) is 0 Å². The summed E-state index contributed by atoms with van der Waals surface area (Å²) in [6, 6.07) is 4.77. The highest BCUT2D eigenvalue weighted by atomic mass is 16.5. The van der Waals surface area contributed by atoms with Crippen LogP contribution in [0, 0.1) is 0 Å². The number of methoxy groups -OCH3 is 2. The SMILES string of the molecule is C=C(C)CN(CC)C[C@@H](O)COc1ccc(C(=O)OC)cc1OC. The lowest BCUT2D eigenvalue weighted by atomic mass is 10.2. The minimum atomic E-state index is -0.644. The van der Waals surface area contributed by atoms with E-state index in [2.05, 4.69) is 16.2 Å². The number of likely N-dealkylation sites (N-methyl/N-ethyl adjacent to an activating group) is 1. The normalized spacial score (nSPS) is 11.9. The smallest absolute Gasteiger partial charge is 0.337 e. The van der Waals surface area contributed by atoms with Crippen molar-refractivity contribution >= 4 is 5.97 Å². The molecule has 1 N–H and O–H groups in total. The van der Waals surface area contributed by atoms with Gasteiger partial charge >= 0.3 is 5.97 Å². The molecular formula is C18H27NO5. The lowest BCUT2D eigenvalue weighted by molar-refractivity contribution is 0.0599. The van der Waals surface area contributed by atoms with E-state index in [1.54, 1.807) is 18.2 Å². The highest BCUT2D eigenvalue weighted by molar-refractivity contribution is 5.90. The molecule has 0 aliphatic heterocycles. The molecule has 1 aromatic rings. The molecule has 6 heteroatoms. The van der Waals surface area contributed by atoms with Crippen molar-refractivity contribution in [3.63, 3.8) is 0 Å². The molecule has 0 fully saturated rings. The summed E-state index contributed by atoms with van der Waals surface area (Å²) in [6.45, 7) is 10.1. The molecule has 0 saturated heterocycles. The molecule has 0 heterocycles. The van der Waals surface area contributed by atoms with E-state index < -0.39 is 12.1 Å². The third-order valence-corrected chi connectivity index (χ3v) is 3.43. The van der Waals surface area contributed by atoms with Gasteiger partial charge < -0.3 is 19.3 Å². The molecule has 6 nitrogen and oxygen atoms in total. The van der Waals surface area contributed by atoms with Gasteiger partial charge in [-0.05, 0) is 31.7 Å². The molecule has 1 atom stereocenters. The van der Waals surface area contributed by atoms with Crippen LogP contribution in [0.3, 0.4) is 0 Å². The number of hydrogen-bond acceptors (Lipinski definition) is 6. The van der Waals surface area contributed by atoms with Gasteiger partial charge in [0.05, 0.1) is 19.8 Å². The number of benzene rings is 1. The van der Waals surface area contributed by atoms with Crippen LogP contribution in [0.25, 0.3) is 0 Å². The predicted molar refractivity (Wildman–Crippen MR) is 92.8 cm³/mol. The molecule has 0 aliphatic carbocycles. The third kappa shape index (κ3) is 6.22. The van der Waals surface area contributed by atoms with Crippen LogP contribution in [0.2, 0.25) is 0 Å². The van der Waals surface area contributed by atoms with Gasteiger partial charge in [-0.2, -0.15) is 0 Å². The Morgan fingerprint density at radius 1 is 1.33 bits per heavy atom. The Hall–Kier alpha value is -2.05. The lowest BCUT2D eigenvalue weighted by Crippen LogP contribution is -2.36. The Bertz CT molecular complexity index is 558. The molecule has 0 amide bonds. The van der Waals surface area contributed by atoms with E-state index in [0.29, 0.717) is 23.6 Å². The molecule has 24 heavy (non-hydrogen) atoms. The third-order valence-electron chi connectivity index (χ3n) is 3.43. The van der Waals surface area contributed by atoms with Gasteiger partial charge in [-0.3, -0.25) is 4.90 Å². The summed E-state index contributed by atoms with van der Waals surface area (Å²) in [7, 11) is 2.81. The second-order valence-corrected chi connectivity index (χ2v) is 5.61. The number of nitrogens with zero attached hydrogens (tertiary/aromatic N) is 1. The van der Waals surface area contributed by atoms with E-state index in [4.69, 9.17) is 9.47 Å². The number of aliphatic hydroxyl groups excluding tert-OH is 1. The van der Waals surface area contributed by atoms with E-state index >= 15 is 0 Å². The fraction of sp³-hybridized carbons (Fsp3) is 0.500. The van der Waals surface area contributed by atoms with E-state index in [9.17, 15) is 9.90 Å². The van der Waals surface area contributed by atoms with Crippen molar-refractivity contribution in [2.45, 2.75) is 20.0 Å². The number of hydrogen-bond donors (Lipinski definition) is 1. The maximum atomic E-state index is 11.5. The number of esters is 1. The average Bonchev–Trinajstić information content (AvgIpc) is 2.57. The highest BCUT2D eigenvalue weighted by Crippen LogP contribution is 2.28. The summed E-state index contributed by atoms with van der Waals surface area (Å²) in [5.41, 5.74) is 1.42. The topological polar surface area (TPSA) is 68.2 Å². The molecule has 0 bridgehead atoms. The van der Waals surface area contributed by atoms with Gasteiger partial charge in [0.15, 0.2) is 11.5 Å². The van der Waals surface area contributed by atoms with Crippen molar-refractivity contribution in [3.05, 3.63) is 35.9 Å². The van der Waals surface area contributed by atoms with Crippen LogP contribution in [-0.2, 0) is 4.74 Å². The van der Waals surface area contributed by atoms with Crippen LogP contribution in [0.15, 0.2) is 30.4 Å². The van der Waals surface area contributed by atoms with Crippen molar-refractivity contribution < 1.29 is 24.1 Å². The summed E-state index contributed by atoms with van der Waals surface area (Å²) in [5.74, 6) is 0.435. The first-order valence-electron chi connectivity index (χ1n) is 7.85. The van der Waals surface area contributed by atoms with Crippen molar-refractivity contribution in [1.29, 1.82) is 0 Å². The molecular weight excluding hydrogens is 310 g/mol. The van der Waals surface area contributed by atoms with Crippen molar-refractivity contribution in [1.82, 2.24) is 4.90 Å². The monoisotopic (exact) mass is 337 g/mol. The average molecular weight is 337 g/mol. The maximum Gasteiger partial charge on any atom is 0.337 e.